The molecule has 0 fully saturated rings. The zero-order chi connectivity index (χ0) is 14.4. The van der Waals surface area contributed by atoms with Crippen LogP contribution in [0.4, 0.5) is 0 Å². The van der Waals surface area contributed by atoms with Crippen molar-refractivity contribution in [2.75, 3.05) is 13.2 Å². The van der Waals surface area contributed by atoms with Crippen molar-refractivity contribution < 1.29 is 15.0 Å². The summed E-state index contributed by atoms with van der Waals surface area (Å²) in [5.41, 5.74) is 0.907. The number of aromatic nitrogens is 2. The van der Waals surface area contributed by atoms with Crippen LogP contribution in [0.15, 0.2) is 6.20 Å². The fraction of sp³-hybridized carbons (Fsp3) is 0.692. The molecule has 0 bridgehead atoms. The number of carboxylic acid groups (broad SMARTS) is 1. The monoisotopic (exact) mass is 269 g/mol. The zero-order valence-electron chi connectivity index (χ0n) is 11.8. The summed E-state index contributed by atoms with van der Waals surface area (Å²) in [7, 11) is 1.74. The summed E-state index contributed by atoms with van der Waals surface area (Å²) < 4.78 is 1.59. The van der Waals surface area contributed by atoms with Crippen molar-refractivity contribution in [3.8, 4) is 0 Å². The van der Waals surface area contributed by atoms with Crippen molar-refractivity contribution in [3.05, 3.63) is 17.5 Å². The summed E-state index contributed by atoms with van der Waals surface area (Å²) in [5, 5.41) is 22.3. The summed E-state index contributed by atoms with van der Waals surface area (Å²) in [6.07, 6.45) is 3.31. The number of carboxylic acids is 1. The van der Waals surface area contributed by atoms with Crippen LogP contribution in [0.3, 0.4) is 0 Å². The Balaban J connectivity index is 2.95. The van der Waals surface area contributed by atoms with Crippen LogP contribution in [0.2, 0.25) is 0 Å². The van der Waals surface area contributed by atoms with Gasteiger partial charge in [-0.05, 0) is 12.8 Å². The van der Waals surface area contributed by atoms with E-state index in [9.17, 15) is 9.90 Å². The SMILES string of the molecule is CCC(CC)N(CCO)Cc1c(C(=O)O)cnn1C. The van der Waals surface area contributed by atoms with Crippen LogP contribution >= 0.6 is 0 Å². The Kier molecular flexibility index (Phi) is 5.98. The lowest BCUT2D eigenvalue weighted by Gasteiger charge is -2.29. The highest BCUT2D eigenvalue weighted by molar-refractivity contribution is 5.88. The van der Waals surface area contributed by atoms with Gasteiger partial charge in [0.2, 0.25) is 0 Å². The molecule has 0 aromatic carbocycles. The Labute approximate surface area is 113 Å². The lowest BCUT2D eigenvalue weighted by atomic mass is 10.1. The highest BCUT2D eigenvalue weighted by atomic mass is 16.4. The van der Waals surface area contributed by atoms with Crippen molar-refractivity contribution in [2.45, 2.75) is 39.3 Å². The Morgan fingerprint density at radius 2 is 2.11 bits per heavy atom. The van der Waals surface area contributed by atoms with Gasteiger partial charge in [-0.15, -0.1) is 0 Å². The number of hydrogen-bond donors (Lipinski definition) is 2. The normalized spacial score (nSPS) is 11.5. The van der Waals surface area contributed by atoms with Gasteiger partial charge in [0.15, 0.2) is 0 Å². The van der Waals surface area contributed by atoms with Gasteiger partial charge in [-0.1, -0.05) is 13.8 Å². The minimum Gasteiger partial charge on any atom is -0.478 e. The smallest absolute Gasteiger partial charge is 0.339 e. The third-order valence-corrected chi connectivity index (χ3v) is 3.49. The molecule has 1 aromatic rings. The second kappa shape index (κ2) is 7.25. The molecule has 108 valence electrons. The van der Waals surface area contributed by atoms with Gasteiger partial charge in [0.1, 0.15) is 5.56 Å². The molecule has 1 aromatic heterocycles. The molecule has 6 nitrogen and oxygen atoms in total. The molecule has 6 heteroatoms. The van der Waals surface area contributed by atoms with E-state index >= 15 is 0 Å². The molecule has 1 rings (SSSR count). The lowest BCUT2D eigenvalue weighted by Crippen LogP contribution is -2.37. The summed E-state index contributed by atoms with van der Waals surface area (Å²) in [5.74, 6) is -0.961. The molecular formula is C13H23N3O3. The molecule has 0 radical (unpaired) electrons. The van der Waals surface area contributed by atoms with E-state index in [-0.39, 0.29) is 12.2 Å². The number of aromatic carboxylic acids is 1. The van der Waals surface area contributed by atoms with Gasteiger partial charge in [-0.2, -0.15) is 5.10 Å². The van der Waals surface area contributed by atoms with Crippen molar-refractivity contribution >= 4 is 5.97 Å². The first kappa shape index (κ1) is 15.7. The molecule has 0 unspecified atom stereocenters. The third-order valence-electron chi connectivity index (χ3n) is 3.49. The Bertz CT molecular complexity index is 413. The average molecular weight is 269 g/mol. The maximum absolute atomic E-state index is 11.2. The van der Waals surface area contributed by atoms with Crippen LogP contribution in [0.5, 0.6) is 0 Å². The second-order valence-electron chi connectivity index (χ2n) is 4.60. The Morgan fingerprint density at radius 3 is 2.58 bits per heavy atom. The number of carbonyl (C=O) groups is 1. The van der Waals surface area contributed by atoms with Crippen molar-refractivity contribution in [1.82, 2.24) is 14.7 Å². The van der Waals surface area contributed by atoms with Crippen LogP contribution in [-0.4, -0.2) is 50.1 Å². The fourth-order valence-corrected chi connectivity index (χ4v) is 2.35. The van der Waals surface area contributed by atoms with E-state index < -0.39 is 5.97 Å². The summed E-state index contributed by atoms with van der Waals surface area (Å²) in [6, 6.07) is 0.337. The number of aliphatic hydroxyl groups excluding tert-OH is 1. The first-order valence-corrected chi connectivity index (χ1v) is 6.64. The molecule has 0 aliphatic rings. The summed E-state index contributed by atoms with van der Waals surface area (Å²) in [4.78, 5) is 13.3. The van der Waals surface area contributed by atoms with Gasteiger partial charge in [0, 0.05) is 26.2 Å². The quantitative estimate of drug-likeness (QED) is 0.739. The highest BCUT2D eigenvalue weighted by Gasteiger charge is 2.21. The maximum atomic E-state index is 11.2. The first-order chi connectivity index (χ1) is 9.04. The molecule has 0 saturated carbocycles. The number of aliphatic hydroxyl groups is 1. The number of aryl methyl sites for hydroxylation is 1. The van der Waals surface area contributed by atoms with Crippen molar-refractivity contribution in [1.29, 1.82) is 0 Å². The zero-order valence-corrected chi connectivity index (χ0v) is 11.8. The molecule has 0 aliphatic heterocycles. The van der Waals surface area contributed by atoms with Gasteiger partial charge in [-0.25, -0.2) is 4.79 Å². The summed E-state index contributed by atoms with van der Waals surface area (Å²) >= 11 is 0. The number of nitrogens with zero attached hydrogens (tertiary/aromatic N) is 3. The van der Waals surface area contributed by atoms with E-state index in [2.05, 4.69) is 23.8 Å². The van der Waals surface area contributed by atoms with E-state index in [1.54, 1.807) is 11.7 Å². The van der Waals surface area contributed by atoms with Crippen molar-refractivity contribution in [3.63, 3.8) is 0 Å². The van der Waals surface area contributed by atoms with E-state index in [0.29, 0.717) is 24.8 Å². The molecule has 0 aliphatic carbocycles. The first-order valence-electron chi connectivity index (χ1n) is 6.64. The molecule has 0 atom stereocenters. The molecule has 0 saturated heterocycles. The van der Waals surface area contributed by atoms with Gasteiger partial charge in [0.05, 0.1) is 18.5 Å². The predicted octanol–water partition coefficient (Wildman–Crippen LogP) is 1.10. The van der Waals surface area contributed by atoms with Crippen LogP contribution < -0.4 is 0 Å². The third kappa shape index (κ3) is 3.78. The van der Waals surface area contributed by atoms with Crippen LogP contribution in [-0.2, 0) is 13.6 Å². The van der Waals surface area contributed by atoms with E-state index in [1.165, 1.54) is 6.20 Å². The van der Waals surface area contributed by atoms with E-state index in [0.717, 1.165) is 12.8 Å². The van der Waals surface area contributed by atoms with Crippen LogP contribution in [0, 0.1) is 0 Å². The minimum absolute atomic E-state index is 0.0662. The molecule has 0 amide bonds. The van der Waals surface area contributed by atoms with Gasteiger partial charge in [0.25, 0.3) is 0 Å². The fourth-order valence-electron chi connectivity index (χ4n) is 2.35. The minimum atomic E-state index is -0.961. The van der Waals surface area contributed by atoms with E-state index in [1.807, 2.05) is 0 Å². The lowest BCUT2D eigenvalue weighted by molar-refractivity contribution is 0.0692. The van der Waals surface area contributed by atoms with E-state index in [4.69, 9.17) is 5.11 Å². The predicted molar refractivity (Wildman–Crippen MR) is 72.0 cm³/mol. The van der Waals surface area contributed by atoms with Gasteiger partial charge >= 0.3 is 5.97 Å². The van der Waals surface area contributed by atoms with Gasteiger partial charge < -0.3 is 10.2 Å². The number of hydrogen-bond acceptors (Lipinski definition) is 4. The molecular weight excluding hydrogens is 246 g/mol. The summed E-state index contributed by atoms with van der Waals surface area (Å²) in [6.45, 7) is 5.29. The second-order valence-corrected chi connectivity index (χ2v) is 4.60. The standard InChI is InChI=1S/C13H23N3O3/c1-4-10(5-2)16(6-7-17)9-12-11(13(18)19)8-14-15(12)3/h8,10,17H,4-7,9H2,1-3H3,(H,18,19). The van der Waals surface area contributed by atoms with Gasteiger partial charge in [-0.3, -0.25) is 9.58 Å². The molecule has 1 heterocycles. The average Bonchev–Trinajstić information content (AvgIpc) is 2.73. The largest absolute Gasteiger partial charge is 0.478 e. The van der Waals surface area contributed by atoms with Crippen LogP contribution in [0.1, 0.15) is 42.7 Å². The van der Waals surface area contributed by atoms with Crippen molar-refractivity contribution in [2.24, 2.45) is 7.05 Å². The molecule has 19 heavy (non-hydrogen) atoms. The van der Waals surface area contributed by atoms with Crippen LogP contribution in [0.25, 0.3) is 0 Å². The Hall–Kier alpha value is -1.40. The Morgan fingerprint density at radius 1 is 1.47 bits per heavy atom. The highest BCUT2D eigenvalue weighted by Crippen LogP contribution is 2.16. The maximum Gasteiger partial charge on any atom is 0.339 e. The molecule has 2 N–H and O–H groups in total. The molecule has 0 spiro atoms. The topological polar surface area (TPSA) is 78.6 Å². The number of rotatable bonds is 8.